The van der Waals surface area contributed by atoms with Crippen LogP contribution in [0.1, 0.15) is 17.5 Å². The number of amides is 2. The van der Waals surface area contributed by atoms with Gasteiger partial charge in [0.2, 0.25) is 5.91 Å². The van der Waals surface area contributed by atoms with Crippen molar-refractivity contribution in [3.63, 3.8) is 0 Å². The maximum atomic E-state index is 13.2. The van der Waals surface area contributed by atoms with Gasteiger partial charge in [0.05, 0.1) is 5.02 Å². The van der Waals surface area contributed by atoms with Crippen molar-refractivity contribution in [1.82, 2.24) is 0 Å². The third-order valence-corrected chi connectivity index (χ3v) is 3.79. The molecule has 0 spiro atoms. The Labute approximate surface area is 153 Å². The van der Waals surface area contributed by atoms with E-state index in [1.165, 1.54) is 31.2 Å². The van der Waals surface area contributed by atoms with E-state index >= 15 is 0 Å². The molecule has 0 aliphatic rings. The minimum atomic E-state index is -0.525. The Morgan fingerprint density at radius 1 is 0.962 bits per heavy atom. The molecule has 0 bridgehead atoms. The van der Waals surface area contributed by atoms with Gasteiger partial charge in [-0.1, -0.05) is 11.6 Å². The van der Waals surface area contributed by atoms with E-state index < -0.39 is 11.7 Å². The van der Waals surface area contributed by atoms with Gasteiger partial charge in [-0.3, -0.25) is 9.59 Å². The third-order valence-electron chi connectivity index (χ3n) is 3.50. The van der Waals surface area contributed by atoms with E-state index in [1.807, 2.05) is 0 Å². The number of benzene rings is 2. The molecule has 5 nitrogen and oxygen atoms in total. The summed E-state index contributed by atoms with van der Waals surface area (Å²) >= 11 is 5.76. The normalized spacial score (nSPS) is 10.4. The van der Waals surface area contributed by atoms with Gasteiger partial charge in [0.1, 0.15) is 11.6 Å². The number of nitrogens with one attached hydrogen (secondary N) is 2. The van der Waals surface area contributed by atoms with Crippen molar-refractivity contribution in [3.8, 4) is 11.3 Å². The smallest absolute Gasteiger partial charge is 0.291 e. The Balaban J connectivity index is 1.71. The van der Waals surface area contributed by atoms with E-state index in [2.05, 4.69) is 10.6 Å². The SMILES string of the molecule is CC(=O)Nc1ccc(NC(=O)c2ccc(-c3ccc(F)c(Cl)c3)o2)cc1. The first kappa shape index (κ1) is 17.7. The molecule has 3 aromatic rings. The summed E-state index contributed by atoms with van der Waals surface area (Å²) in [6.07, 6.45) is 0. The summed E-state index contributed by atoms with van der Waals surface area (Å²) in [5.41, 5.74) is 1.74. The number of carbonyl (C=O) groups excluding carboxylic acids is 2. The van der Waals surface area contributed by atoms with Crippen LogP contribution in [0.2, 0.25) is 5.02 Å². The molecule has 132 valence electrons. The summed E-state index contributed by atoms with van der Waals surface area (Å²) in [6.45, 7) is 1.42. The highest BCUT2D eigenvalue weighted by molar-refractivity contribution is 6.31. The molecule has 0 atom stereocenters. The summed E-state index contributed by atoms with van der Waals surface area (Å²) in [5.74, 6) is -0.630. The summed E-state index contributed by atoms with van der Waals surface area (Å²) in [6, 6.07) is 14.0. The molecule has 0 aliphatic carbocycles. The third kappa shape index (κ3) is 4.10. The summed E-state index contributed by atoms with van der Waals surface area (Å²) in [5, 5.41) is 5.31. The van der Waals surface area contributed by atoms with Gasteiger partial charge >= 0.3 is 0 Å². The fourth-order valence-electron chi connectivity index (χ4n) is 2.30. The van der Waals surface area contributed by atoms with Crippen LogP contribution in [0.3, 0.4) is 0 Å². The molecule has 0 fully saturated rings. The zero-order valence-corrected chi connectivity index (χ0v) is 14.4. The first-order chi connectivity index (χ1) is 12.4. The molecule has 1 heterocycles. The van der Waals surface area contributed by atoms with Gasteiger partial charge in [0, 0.05) is 23.9 Å². The largest absolute Gasteiger partial charge is 0.451 e. The van der Waals surface area contributed by atoms with Crippen LogP contribution < -0.4 is 10.6 Å². The van der Waals surface area contributed by atoms with Crippen molar-refractivity contribution in [1.29, 1.82) is 0 Å². The maximum absolute atomic E-state index is 13.2. The average molecular weight is 373 g/mol. The monoisotopic (exact) mass is 372 g/mol. The van der Waals surface area contributed by atoms with Crippen molar-refractivity contribution >= 4 is 34.8 Å². The lowest BCUT2D eigenvalue weighted by molar-refractivity contribution is -0.114. The van der Waals surface area contributed by atoms with Crippen LogP contribution in [0.25, 0.3) is 11.3 Å². The average Bonchev–Trinajstić information content (AvgIpc) is 3.09. The van der Waals surface area contributed by atoms with Crippen LogP contribution in [-0.2, 0) is 4.79 Å². The number of hydrogen-bond acceptors (Lipinski definition) is 3. The zero-order valence-electron chi connectivity index (χ0n) is 13.7. The molecule has 1 aromatic heterocycles. The molecule has 2 N–H and O–H groups in total. The second-order valence-corrected chi connectivity index (χ2v) is 5.91. The van der Waals surface area contributed by atoms with Crippen LogP contribution in [-0.4, -0.2) is 11.8 Å². The zero-order chi connectivity index (χ0) is 18.7. The molecule has 2 amide bonds. The molecule has 7 heteroatoms. The highest BCUT2D eigenvalue weighted by Crippen LogP contribution is 2.27. The molecule has 0 saturated heterocycles. The highest BCUT2D eigenvalue weighted by Gasteiger charge is 2.13. The van der Waals surface area contributed by atoms with E-state index in [0.29, 0.717) is 22.7 Å². The second kappa shape index (κ2) is 7.41. The second-order valence-electron chi connectivity index (χ2n) is 5.51. The lowest BCUT2D eigenvalue weighted by Gasteiger charge is -2.05. The van der Waals surface area contributed by atoms with Gasteiger partial charge < -0.3 is 15.1 Å². The van der Waals surface area contributed by atoms with Crippen molar-refractivity contribution in [3.05, 3.63) is 71.2 Å². The van der Waals surface area contributed by atoms with Crippen molar-refractivity contribution in [2.45, 2.75) is 6.92 Å². The van der Waals surface area contributed by atoms with Gasteiger partial charge in [0.15, 0.2) is 5.76 Å². The van der Waals surface area contributed by atoms with Gasteiger partial charge in [-0.05, 0) is 54.6 Å². The van der Waals surface area contributed by atoms with Crippen LogP contribution in [0.15, 0.2) is 59.0 Å². The minimum absolute atomic E-state index is 0.0239. The van der Waals surface area contributed by atoms with Crippen molar-refractivity contribution in [2.75, 3.05) is 10.6 Å². The molecule has 0 aliphatic heterocycles. The standard InChI is InChI=1S/C19H14ClFN2O3/c1-11(24)22-13-3-5-14(6-4-13)23-19(25)18-9-8-17(26-18)12-2-7-16(21)15(20)10-12/h2-10H,1H3,(H,22,24)(H,23,25). The molecular formula is C19H14ClFN2O3. The molecule has 2 aromatic carbocycles. The van der Waals surface area contributed by atoms with E-state index in [0.717, 1.165) is 0 Å². The Morgan fingerprint density at radius 3 is 2.23 bits per heavy atom. The predicted octanol–water partition coefficient (Wildman–Crippen LogP) is 4.95. The molecule has 26 heavy (non-hydrogen) atoms. The van der Waals surface area contributed by atoms with E-state index in [9.17, 15) is 14.0 Å². The van der Waals surface area contributed by atoms with Crippen molar-refractivity contribution in [2.24, 2.45) is 0 Å². The van der Waals surface area contributed by atoms with Gasteiger partial charge in [-0.15, -0.1) is 0 Å². The maximum Gasteiger partial charge on any atom is 0.291 e. The predicted molar refractivity (Wildman–Crippen MR) is 97.8 cm³/mol. The number of anilines is 2. The fourth-order valence-corrected chi connectivity index (χ4v) is 2.48. The first-order valence-electron chi connectivity index (χ1n) is 7.66. The Hall–Kier alpha value is -3.12. The molecule has 3 rings (SSSR count). The van der Waals surface area contributed by atoms with E-state index in [4.69, 9.17) is 16.0 Å². The van der Waals surface area contributed by atoms with E-state index in [1.54, 1.807) is 30.3 Å². The summed E-state index contributed by atoms with van der Waals surface area (Å²) in [7, 11) is 0. The molecular weight excluding hydrogens is 359 g/mol. The van der Waals surface area contributed by atoms with Crippen LogP contribution in [0.4, 0.5) is 15.8 Å². The van der Waals surface area contributed by atoms with Crippen LogP contribution >= 0.6 is 11.6 Å². The summed E-state index contributed by atoms with van der Waals surface area (Å²) < 4.78 is 18.8. The topological polar surface area (TPSA) is 71.3 Å². The van der Waals surface area contributed by atoms with Gasteiger partial charge in [-0.2, -0.15) is 0 Å². The first-order valence-corrected chi connectivity index (χ1v) is 8.04. The van der Waals surface area contributed by atoms with Crippen LogP contribution in [0, 0.1) is 5.82 Å². The van der Waals surface area contributed by atoms with Gasteiger partial charge in [-0.25, -0.2) is 4.39 Å². The number of carbonyl (C=O) groups is 2. The molecule has 0 unspecified atom stereocenters. The quantitative estimate of drug-likeness (QED) is 0.680. The number of hydrogen-bond donors (Lipinski definition) is 2. The number of furan rings is 1. The Bertz CT molecular complexity index is 967. The number of rotatable bonds is 4. The lowest BCUT2D eigenvalue weighted by Crippen LogP contribution is -2.11. The van der Waals surface area contributed by atoms with Crippen molar-refractivity contribution < 1.29 is 18.4 Å². The van der Waals surface area contributed by atoms with Crippen LogP contribution in [0.5, 0.6) is 0 Å². The minimum Gasteiger partial charge on any atom is -0.451 e. The summed E-state index contributed by atoms with van der Waals surface area (Å²) in [4.78, 5) is 23.3. The highest BCUT2D eigenvalue weighted by atomic mass is 35.5. The Kier molecular flexibility index (Phi) is 5.04. The molecule has 0 saturated carbocycles. The molecule has 0 radical (unpaired) electrons. The fraction of sp³-hybridized carbons (Fsp3) is 0.0526. The Morgan fingerprint density at radius 2 is 1.62 bits per heavy atom. The lowest BCUT2D eigenvalue weighted by atomic mass is 10.2. The van der Waals surface area contributed by atoms with E-state index in [-0.39, 0.29) is 16.7 Å². The van der Waals surface area contributed by atoms with Gasteiger partial charge in [0.25, 0.3) is 5.91 Å². The number of halogens is 2.